The zero-order valence-corrected chi connectivity index (χ0v) is 5.97. The summed E-state index contributed by atoms with van der Waals surface area (Å²) < 4.78 is 15.5. The molecule has 7 heteroatoms. The molecule has 1 aromatic heterocycles. The van der Waals surface area contributed by atoms with E-state index in [0.29, 0.717) is 0 Å². The van der Waals surface area contributed by atoms with Gasteiger partial charge in [-0.2, -0.15) is 0 Å². The molecule has 0 spiro atoms. The van der Waals surface area contributed by atoms with E-state index in [4.69, 9.17) is 4.89 Å². The van der Waals surface area contributed by atoms with E-state index in [-0.39, 0.29) is 37.7 Å². The number of hydrogen-bond donors (Lipinski definition) is 1. The third-order valence-corrected chi connectivity index (χ3v) is 1.14. The van der Waals surface area contributed by atoms with Crippen LogP contribution in [-0.4, -0.2) is 47.6 Å². The second-order valence-corrected chi connectivity index (χ2v) is 2.19. The van der Waals surface area contributed by atoms with E-state index < -0.39 is 8.25 Å². The van der Waals surface area contributed by atoms with Crippen LogP contribution in [0.4, 0.5) is 0 Å². The van der Waals surface area contributed by atoms with Crippen LogP contribution in [0.3, 0.4) is 0 Å². The fourth-order valence-corrected chi connectivity index (χ4v) is 0.748. The van der Waals surface area contributed by atoms with Gasteiger partial charge in [0.15, 0.2) is 0 Å². The van der Waals surface area contributed by atoms with Crippen molar-refractivity contribution in [3.05, 3.63) is 24.8 Å². The van der Waals surface area contributed by atoms with Crippen molar-refractivity contribution < 1.29 is 18.8 Å². The van der Waals surface area contributed by atoms with Crippen molar-refractivity contribution in [1.29, 1.82) is 0 Å². The molecule has 0 aliphatic heterocycles. The van der Waals surface area contributed by atoms with Gasteiger partial charge in [-0.1, -0.05) is 4.98 Å². The molecular formula is C4H8CaN2O3P+. The van der Waals surface area contributed by atoms with Crippen molar-refractivity contribution in [2.75, 3.05) is 0 Å². The Morgan fingerprint density at radius 2 is 2.36 bits per heavy atom. The van der Waals surface area contributed by atoms with Crippen LogP contribution < -0.4 is 9.35 Å². The molecule has 5 nitrogen and oxygen atoms in total. The predicted molar refractivity (Wildman–Crippen MR) is 40.8 cm³/mol. The Morgan fingerprint density at radius 1 is 1.64 bits per heavy atom. The van der Waals surface area contributed by atoms with Gasteiger partial charge in [-0.3, -0.25) is 4.62 Å². The average molecular weight is 203 g/mol. The fourth-order valence-electron chi connectivity index (χ4n) is 0.460. The molecule has 0 saturated heterocycles. The number of nitrogens with zero attached hydrogens (tertiary/aromatic N) is 2. The van der Waals surface area contributed by atoms with E-state index in [1.165, 1.54) is 18.7 Å². The van der Waals surface area contributed by atoms with Gasteiger partial charge in [-0.15, -0.1) is 0 Å². The zero-order valence-electron chi connectivity index (χ0n) is 4.97. The van der Waals surface area contributed by atoms with E-state index in [0.717, 1.165) is 4.73 Å². The molecule has 11 heavy (non-hydrogen) atoms. The average Bonchev–Trinajstić information content (AvgIpc) is 1.88. The molecule has 0 radical (unpaired) electrons. The Balaban J connectivity index is 0.000001000. The summed E-state index contributed by atoms with van der Waals surface area (Å²) in [7, 11) is -2.91. The zero-order chi connectivity index (χ0) is 7.40. The topological polar surface area (TPSA) is 63.3 Å². The van der Waals surface area contributed by atoms with E-state index in [2.05, 4.69) is 9.61 Å². The summed E-state index contributed by atoms with van der Waals surface area (Å²) in [6.45, 7) is 0. The Labute approximate surface area is 93.9 Å². The summed E-state index contributed by atoms with van der Waals surface area (Å²) >= 11 is 0. The van der Waals surface area contributed by atoms with Gasteiger partial charge < -0.3 is 4.89 Å². The minimum atomic E-state index is -2.91. The third-order valence-electron chi connectivity index (χ3n) is 0.769. The van der Waals surface area contributed by atoms with Crippen LogP contribution in [0.1, 0.15) is 0 Å². The van der Waals surface area contributed by atoms with Crippen LogP contribution in [0.15, 0.2) is 24.8 Å². The van der Waals surface area contributed by atoms with Crippen LogP contribution in [0.5, 0.6) is 0 Å². The minimum absolute atomic E-state index is 0. The Hall–Kier alpha value is 0.330. The van der Waals surface area contributed by atoms with Crippen LogP contribution in [0.2, 0.25) is 0 Å². The van der Waals surface area contributed by atoms with E-state index in [1.807, 2.05) is 0 Å². The van der Waals surface area contributed by atoms with Crippen LogP contribution in [-0.2, 0) is 4.57 Å². The normalized spacial score (nSPS) is 11.4. The Bertz CT molecular complexity index is 232. The quantitative estimate of drug-likeness (QED) is 0.352. The number of rotatable bonds is 2. The van der Waals surface area contributed by atoms with Crippen LogP contribution in [0, 0.1) is 0 Å². The van der Waals surface area contributed by atoms with Crippen molar-refractivity contribution in [3.8, 4) is 0 Å². The molecule has 1 unspecified atom stereocenters. The summed E-state index contributed by atoms with van der Waals surface area (Å²) in [5.41, 5.74) is 0. The maximum absolute atomic E-state index is 10.1. The summed E-state index contributed by atoms with van der Waals surface area (Å²) in [5, 5.41) is 0. The molecule has 0 aromatic carbocycles. The summed E-state index contributed by atoms with van der Waals surface area (Å²) in [5.74, 6) is 0. The molecule has 1 aromatic rings. The van der Waals surface area contributed by atoms with Gasteiger partial charge in [0.05, 0.1) is 0 Å². The number of hydrogen-bond acceptors (Lipinski definition) is 3. The standard InChI is InChI=1S/C4H5N2O3P.Ca.2H/c7-10(8)9-6-3-1-2-5-4-6;;;/h1-4,10H;;;/p+1. The predicted octanol–water partition coefficient (Wildman–Crippen LogP) is -1.74. The SMILES string of the molecule is O=[PH](O)O[n+]1cccnc1.[CaH2]. The first kappa shape index (κ1) is 11.3. The summed E-state index contributed by atoms with van der Waals surface area (Å²) in [4.78, 5) is 11.9. The molecule has 1 rings (SSSR count). The van der Waals surface area contributed by atoms with E-state index in [9.17, 15) is 4.57 Å². The Kier molecular flexibility index (Phi) is 6.09. The van der Waals surface area contributed by atoms with Crippen molar-refractivity contribution >= 4 is 46.0 Å². The molecule has 0 aliphatic rings. The Morgan fingerprint density at radius 3 is 2.82 bits per heavy atom. The van der Waals surface area contributed by atoms with Gasteiger partial charge in [-0.25, -0.2) is 4.57 Å². The van der Waals surface area contributed by atoms with E-state index >= 15 is 0 Å². The number of aromatic nitrogens is 2. The van der Waals surface area contributed by atoms with Gasteiger partial charge in [-0.05, 0) is 4.73 Å². The van der Waals surface area contributed by atoms with Crippen LogP contribution in [0.25, 0.3) is 0 Å². The third kappa shape index (κ3) is 4.71. The fraction of sp³-hybridized carbons (Fsp3) is 0. The van der Waals surface area contributed by atoms with Gasteiger partial charge in [0.2, 0.25) is 0 Å². The van der Waals surface area contributed by atoms with Crippen LogP contribution >= 0.6 is 8.25 Å². The van der Waals surface area contributed by atoms with Gasteiger partial charge in [0.25, 0.3) is 0 Å². The second kappa shape index (κ2) is 5.91. The second-order valence-electron chi connectivity index (χ2n) is 1.47. The molecule has 0 bridgehead atoms. The van der Waals surface area contributed by atoms with Crippen molar-refractivity contribution in [1.82, 2.24) is 4.98 Å². The first-order valence-electron chi connectivity index (χ1n) is 2.51. The van der Waals surface area contributed by atoms with Gasteiger partial charge >= 0.3 is 52.3 Å². The van der Waals surface area contributed by atoms with Crippen molar-refractivity contribution in [3.63, 3.8) is 0 Å². The molecular weight excluding hydrogens is 195 g/mol. The van der Waals surface area contributed by atoms with Gasteiger partial charge in [0.1, 0.15) is 12.4 Å². The molecule has 1 N–H and O–H groups in total. The molecule has 0 saturated carbocycles. The van der Waals surface area contributed by atoms with E-state index in [1.54, 1.807) is 6.07 Å². The molecule has 0 fully saturated rings. The van der Waals surface area contributed by atoms with Gasteiger partial charge in [0, 0.05) is 6.07 Å². The van der Waals surface area contributed by atoms with Crippen molar-refractivity contribution in [2.45, 2.75) is 0 Å². The molecule has 0 aliphatic carbocycles. The van der Waals surface area contributed by atoms with Crippen molar-refractivity contribution in [2.24, 2.45) is 0 Å². The molecule has 1 atom stereocenters. The monoisotopic (exact) mass is 203 g/mol. The summed E-state index contributed by atoms with van der Waals surface area (Å²) in [6, 6.07) is 1.59. The maximum atomic E-state index is 10.1. The molecule has 0 amide bonds. The molecule has 1 heterocycles. The first-order valence-corrected chi connectivity index (χ1v) is 3.78. The summed E-state index contributed by atoms with van der Waals surface area (Å²) in [6.07, 6.45) is 4.30. The first-order chi connectivity index (χ1) is 4.79. The molecule has 58 valence electrons.